The molecule has 1 aliphatic carbocycles. The molecule has 2 nitrogen and oxygen atoms in total. The molecule has 130 valence electrons. The van der Waals surface area contributed by atoms with Crippen molar-refractivity contribution in [2.24, 2.45) is 17.8 Å². The van der Waals surface area contributed by atoms with E-state index in [1.54, 1.807) is 11.3 Å². The number of rotatable bonds is 5. The SMILES string of the molecule is CC1C[C@@H](O)[C@H](C#Cc2ccccc2)[C@H]1CCCc1ccc(C=O)s1. The van der Waals surface area contributed by atoms with Crippen molar-refractivity contribution in [3.05, 3.63) is 57.8 Å². The number of thiophene rings is 1. The summed E-state index contributed by atoms with van der Waals surface area (Å²) in [5.74, 6) is 7.59. The predicted octanol–water partition coefficient (Wildman–Crippen LogP) is 4.57. The maximum Gasteiger partial charge on any atom is 0.160 e. The lowest BCUT2D eigenvalue weighted by Crippen LogP contribution is -2.18. The molecule has 0 aliphatic heterocycles. The number of aryl methyl sites for hydroxylation is 1. The first-order valence-corrected chi connectivity index (χ1v) is 9.77. The van der Waals surface area contributed by atoms with Crippen molar-refractivity contribution < 1.29 is 9.90 Å². The number of benzene rings is 1. The van der Waals surface area contributed by atoms with Crippen LogP contribution in [0.2, 0.25) is 0 Å². The van der Waals surface area contributed by atoms with Gasteiger partial charge in [-0.3, -0.25) is 4.79 Å². The molecule has 1 heterocycles. The highest BCUT2D eigenvalue weighted by molar-refractivity contribution is 7.13. The van der Waals surface area contributed by atoms with Crippen LogP contribution in [0.25, 0.3) is 0 Å². The number of hydrogen-bond acceptors (Lipinski definition) is 3. The van der Waals surface area contributed by atoms with Crippen LogP contribution >= 0.6 is 11.3 Å². The van der Waals surface area contributed by atoms with Gasteiger partial charge in [-0.2, -0.15) is 0 Å². The Bertz CT molecular complexity index is 753. The lowest BCUT2D eigenvalue weighted by molar-refractivity contribution is 0.112. The Balaban J connectivity index is 1.61. The van der Waals surface area contributed by atoms with Gasteiger partial charge in [-0.1, -0.05) is 37.0 Å². The van der Waals surface area contributed by atoms with Crippen LogP contribution in [-0.2, 0) is 6.42 Å². The van der Waals surface area contributed by atoms with Crippen LogP contribution < -0.4 is 0 Å². The molecule has 25 heavy (non-hydrogen) atoms. The summed E-state index contributed by atoms with van der Waals surface area (Å²) >= 11 is 1.58. The Hall–Kier alpha value is -1.89. The van der Waals surface area contributed by atoms with Crippen molar-refractivity contribution >= 4 is 17.6 Å². The maximum atomic E-state index is 10.8. The third kappa shape index (κ3) is 4.60. The molecule has 0 radical (unpaired) electrons. The van der Waals surface area contributed by atoms with Gasteiger partial charge in [-0.25, -0.2) is 0 Å². The van der Waals surface area contributed by atoms with Gasteiger partial charge in [0.2, 0.25) is 0 Å². The quantitative estimate of drug-likeness (QED) is 0.632. The van der Waals surface area contributed by atoms with E-state index >= 15 is 0 Å². The molecule has 3 heteroatoms. The number of hydrogen-bond donors (Lipinski definition) is 1. The van der Waals surface area contributed by atoms with Gasteiger partial charge in [0.25, 0.3) is 0 Å². The molecule has 1 aromatic heterocycles. The lowest BCUT2D eigenvalue weighted by Gasteiger charge is -2.19. The highest BCUT2D eigenvalue weighted by Gasteiger charge is 2.38. The van der Waals surface area contributed by atoms with Gasteiger partial charge in [0.05, 0.1) is 11.0 Å². The summed E-state index contributed by atoms with van der Waals surface area (Å²) in [7, 11) is 0. The van der Waals surface area contributed by atoms with Crippen LogP contribution in [0.5, 0.6) is 0 Å². The molecule has 0 amide bonds. The minimum Gasteiger partial charge on any atom is -0.392 e. The summed E-state index contributed by atoms with van der Waals surface area (Å²) in [4.78, 5) is 12.8. The number of aldehydes is 1. The van der Waals surface area contributed by atoms with Gasteiger partial charge in [0.1, 0.15) is 0 Å². The molecule has 1 fully saturated rings. The monoisotopic (exact) mass is 352 g/mol. The smallest absolute Gasteiger partial charge is 0.160 e. The van der Waals surface area contributed by atoms with E-state index in [1.807, 2.05) is 42.5 Å². The summed E-state index contributed by atoms with van der Waals surface area (Å²) in [6.45, 7) is 2.23. The van der Waals surface area contributed by atoms with Crippen molar-refractivity contribution in [1.29, 1.82) is 0 Å². The maximum absolute atomic E-state index is 10.8. The van der Waals surface area contributed by atoms with E-state index in [0.29, 0.717) is 11.8 Å². The van der Waals surface area contributed by atoms with E-state index in [1.165, 1.54) is 4.88 Å². The van der Waals surface area contributed by atoms with Crippen molar-refractivity contribution in [3.63, 3.8) is 0 Å². The Kier molecular flexibility index (Phi) is 6.07. The fraction of sp³-hybridized carbons (Fsp3) is 0.409. The van der Waals surface area contributed by atoms with E-state index in [0.717, 1.165) is 42.4 Å². The Labute approximate surface area is 153 Å². The first-order valence-electron chi connectivity index (χ1n) is 8.96. The first kappa shape index (κ1) is 17.9. The zero-order valence-corrected chi connectivity index (χ0v) is 15.3. The van der Waals surface area contributed by atoms with Crippen LogP contribution in [0.15, 0.2) is 42.5 Å². The average molecular weight is 352 g/mol. The molecule has 1 aliphatic rings. The molecule has 0 saturated heterocycles. The number of aliphatic hydroxyl groups excluding tert-OH is 1. The zero-order valence-electron chi connectivity index (χ0n) is 14.5. The van der Waals surface area contributed by atoms with Crippen LogP contribution in [0.1, 0.15) is 46.3 Å². The third-order valence-electron chi connectivity index (χ3n) is 5.14. The standard InChI is InChI=1S/C22H24O2S/c1-16-14-22(24)21(13-10-17-6-3-2-4-7-17)20(16)9-5-8-18-11-12-19(15-23)25-18/h2-4,6-7,11-12,15-16,20-22,24H,5,8-9,14H2,1H3/t16?,20-,21+,22+/m0/s1. The largest absolute Gasteiger partial charge is 0.392 e. The van der Waals surface area contributed by atoms with E-state index in [4.69, 9.17) is 0 Å². The number of carbonyl (C=O) groups is 1. The second-order valence-corrected chi connectivity index (χ2v) is 8.12. The minimum absolute atomic E-state index is 0.0593. The van der Waals surface area contributed by atoms with Crippen LogP contribution in [0.4, 0.5) is 0 Å². The van der Waals surface area contributed by atoms with E-state index in [-0.39, 0.29) is 12.0 Å². The normalized spacial score (nSPS) is 25.4. The predicted molar refractivity (Wildman–Crippen MR) is 103 cm³/mol. The van der Waals surface area contributed by atoms with E-state index < -0.39 is 0 Å². The minimum atomic E-state index is -0.320. The third-order valence-corrected chi connectivity index (χ3v) is 6.21. The highest BCUT2D eigenvalue weighted by Crippen LogP contribution is 2.40. The van der Waals surface area contributed by atoms with Crippen molar-refractivity contribution in [2.75, 3.05) is 0 Å². The summed E-state index contributed by atoms with van der Waals surface area (Å²) in [6, 6.07) is 13.9. The van der Waals surface area contributed by atoms with Crippen molar-refractivity contribution in [1.82, 2.24) is 0 Å². The van der Waals surface area contributed by atoms with Crippen LogP contribution in [-0.4, -0.2) is 17.5 Å². The molecule has 4 atom stereocenters. The number of aliphatic hydroxyl groups is 1. The second kappa shape index (κ2) is 8.47. The van der Waals surface area contributed by atoms with Gasteiger partial charge in [-0.15, -0.1) is 11.3 Å². The number of carbonyl (C=O) groups excluding carboxylic acids is 1. The Morgan fingerprint density at radius 1 is 1.24 bits per heavy atom. The van der Waals surface area contributed by atoms with Crippen LogP contribution in [0, 0.1) is 29.6 Å². The average Bonchev–Trinajstić information content (AvgIpc) is 3.19. The topological polar surface area (TPSA) is 37.3 Å². The summed E-state index contributed by atoms with van der Waals surface area (Å²) in [5, 5.41) is 10.4. The molecule has 0 spiro atoms. The van der Waals surface area contributed by atoms with E-state index in [9.17, 15) is 9.90 Å². The van der Waals surface area contributed by atoms with Gasteiger partial charge >= 0.3 is 0 Å². The molecular weight excluding hydrogens is 328 g/mol. The fourth-order valence-corrected chi connectivity index (χ4v) is 4.67. The summed E-state index contributed by atoms with van der Waals surface area (Å²) < 4.78 is 0. The summed E-state index contributed by atoms with van der Waals surface area (Å²) in [5.41, 5.74) is 1.01. The molecule has 1 unspecified atom stereocenters. The molecule has 3 rings (SSSR count). The van der Waals surface area contributed by atoms with Gasteiger partial charge < -0.3 is 5.11 Å². The second-order valence-electron chi connectivity index (χ2n) is 6.92. The van der Waals surface area contributed by atoms with Crippen molar-refractivity contribution in [2.45, 2.75) is 38.7 Å². The fourth-order valence-electron chi connectivity index (χ4n) is 3.80. The first-order chi connectivity index (χ1) is 12.2. The van der Waals surface area contributed by atoms with E-state index in [2.05, 4.69) is 18.8 Å². The zero-order chi connectivity index (χ0) is 17.6. The highest BCUT2D eigenvalue weighted by atomic mass is 32.1. The van der Waals surface area contributed by atoms with Gasteiger partial charge in [0.15, 0.2) is 6.29 Å². The molecule has 0 bridgehead atoms. The lowest BCUT2D eigenvalue weighted by atomic mass is 9.85. The molecule has 1 saturated carbocycles. The molecule has 1 aromatic carbocycles. The van der Waals surface area contributed by atoms with Gasteiger partial charge in [-0.05, 0) is 61.8 Å². The Morgan fingerprint density at radius 3 is 2.76 bits per heavy atom. The molecular formula is C22H24O2S. The van der Waals surface area contributed by atoms with Crippen molar-refractivity contribution in [3.8, 4) is 11.8 Å². The molecule has 1 N–H and O–H groups in total. The van der Waals surface area contributed by atoms with Gasteiger partial charge in [0, 0.05) is 16.4 Å². The summed E-state index contributed by atoms with van der Waals surface area (Å²) in [6.07, 6.45) is 4.58. The van der Waals surface area contributed by atoms with Crippen LogP contribution in [0.3, 0.4) is 0 Å². The molecule has 2 aromatic rings. The Morgan fingerprint density at radius 2 is 2.04 bits per heavy atom.